The second-order valence-corrected chi connectivity index (χ2v) is 6.29. The first-order valence-corrected chi connectivity index (χ1v) is 7.60. The van der Waals surface area contributed by atoms with E-state index >= 15 is 0 Å². The Hall–Kier alpha value is -0.730. The number of benzene rings is 2. The fourth-order valence-electron chi connectivity index (χ4n) is 2.25. The van der Waals surface area contributed by atoms with Crippen molar-refractivity contribution in [3.8, 4) is 0 Å². The fourth-order valence-corrected chi connectivity index (χ4v) is 2.87. The Morgan fingerprint density at radius 2 is 1.75 bits per heavy atom. The molecule has 106 valence electrons. The largest absolute Gasteiger partial charge is 0.327 e. The first-order chi connectivity index (χ1) is 9.47. The zero-order valence-electron chi connectivity index (χ0n) is 11.1. The number of halogens is 3. The maximum absolute atomic E-state index is 6.25. The van der Waals surface area contributed by atoms with E-state index in [-0.39, 0.29) is 12.0 Å². The highest BCUT2D eigenvalue weighted by Gasteiger charge is 2.18. The predicted molar refractivity (Wildman–Crippen MR) is 83.6 cm³/mol. The third kappa shape index (κ3) is 3.89. The minimum Gasteiger partial charge on any atom is -0.327 e. The molecule has 0 spiro atoms. The van der Waals surface area contributed by atoms with Gasteiger partial charge in [0.25, 0.3) is 0 Å². The first kappa shape index (κ1) is 15.7. The summed E-state index contributed by atoms with van der Waals surface area (Å²) in [7, 11) is 0. The van der Waals surface area contributed by atoms with Gasteiger partial charge in [0.1, 0.15) is 0 Å². The van der Waals surface area contributed by atoms with Crippen LogP contribution in [0.5, 0.6) is 0 Å². The molecule has 0 aliphatic heterocycles. The van der Waals surface area contributed by atoms with Crippen LogP contribution in [-0.2, 0) is 6.42 Å². The quantitative estimate of drug-likeness (QED) is 0.886. The van der Waals surface area contributed by atoms with Gasteiger partial charge < -0.3 is 5.73 Å². The summed E-state index contributed by atoms with van der Waals surface area (Å²) in [6.45, 7) is 2.01. The summed E-state index contributed by atoms with van der Waals surface area (Å²) in [6.07, 6.45) is 0.782. The molecule has 0 radical (unpaired) electrons. The van der Waals surface area contributed by atoms with E-state index in [0.29, 0.717) is 10.0 Å². The topological polar surface area (TPSA) is 26.0 Å². The summed E-state index contributed by atoms with van der Waals surface area (Å²) in [5.74, 6) is 0.198. The second kappa shape index (κ2) is 6.82. The van der Waals surface area contributed by atoms with Crippen molar-refractivity contribution in [1.29, 1.82) is 0 Å². The monoisotopic (exact) mass is 328 g/mol. The molecule has 0 heterocycles. The molecule has 0 saturated heterocycles. The highest BCUT2D eigenvalue weighted by atomic mass is 35.5. The molecule has 0 amide bonds. The van der Waals surface area contributed by atoms with Crippen molar-refractivity contribution in [2.45, 2.75) is 25.3 Å². The van der Waals surface area contributed by atoms with E-state index < -0.39 is 0 Å². The smallest absolute Gasteiger partial charge is 0.225 e. The lowest BCUT2D eigenvalue weighted by atomic mass is 9.87. The molecule has 0 aliphatic carbocycles. The standard InChI is InChI=1S/C16H17Cl3N/c1-10(20)15(11-2-5-13(17)6-3-11)8-12-4-7-14(18)9-16(12)19/h2-7,9-10,15,17H,8,20H2,1H3/q+1. The van der Waals surface area contributed by atoms with Gasteiger partial charge in [-0.25, -0.2) is 0 Å². The van der Waals surface area contributed by atoms with Gasteiger partial charge in [0.15, 0.2) is 11.6 Å². The Kier molecular flexibility index (Phi) is 5.34. The summed E-state index contributed by atoms with van der Waals surface area (Å²) in [5, 5.41) is 2.16. The minimum atomic E-state index is 0.0257. The molecule has 2 aromatic rings. The molecule has 0 fully saturated rings. The molecule has 2 aromatic carbocycles. The van der Waals surface area contributed by atoms with E-state index in [1.165, 1.54) is 5.56 Å². The van der Waals surface area contributed by atoms with Crippen LogP contribution >= 0.6 is 23.2 Å². The van der Waals surface area contributed by atoms with Gasteiger partial charge in [-0.15, -0.1) is 0 Å². The molecule has 2 atom stereocenters. The van der Waals surface area contributed by atoms with Crippen LogP contribution in [-0.4, -0.2) is 6.04 Å². The summed E-state index contributed by atoms with van der Waals surface area (Å²) in [4.78, 5) is 0. The number of hydrogen-bond acceptors (Lipinski definition) is 1. The van der Waals surface area contributed by atoms with E-state index in [4.69, 9.17) is 40.5 Å². The highest BCUT2D eigenvalue weighted by Crippen LogP contribution is 2.29. The third-order valence-electron chi connectivity index (χ3n) is 3.40. The van der Waals surface area contributed by atoms with Crippen molar-refractivity contribution in [1.82, 2.24) is 0 Å². The lowest BCUT2D eigenvalue weighted by Gasteiger charge is -2.22. The summed E-state index contributed by atoms with van der Waals surface area (Å²) >= 11 is 17.3. The molecule has 1 nitrogen and oxygen atoms in total. The van der Waals surface area contributed by atoms with Crippen LogP contribution in [0.25, 0.3) is 0 Å². The maximum Gasteiger partial charge on any atom is 0.225 e. The van der Waals surface area contributed by atoms with E-state index in [9.17, 15) is 0 Å². The molecular formula is C16H17Cl3N+. The Labute approximate surface area is 134 Å². The SMILES string of the molecule is CC(N)C(Cc1ccc(Cl)cc1Cl)c1ccc([ClH+])cc1. The predicted octanol–water partition coefficient (Wildman–Crippen LogP) is 4.36. The lowest BCUT2D eigenvalue weighted by molar-refractivity contribution is -0.288. The Balaban J connectivity index is 2.28. The van der Waals surface area contributed by atoms with Crippen LogP contribution < -0.4 is 5.73 Å². The first-order valence-electron chi connectivity index (χ1n) is 6.44. The average molecular weight is 330 g/mol. The van der Waals surface area contributed by atoms with Crippen LogP contribution in [0.4, 0.5) is 0 Å². The molecule has 4 heteroatoms. The number of hydrogen-bond donors (Lipinski definition) is 1. The van der Waals surface area contributed by atoms with E-state index in [0.717, 1.165) is 17.0 Å². The van der Waals surface area contributed by atoms with Gasteiger partial charge in [-0.1, -0.05) is 41.4 Å². The van der Waals surface area contributed by atoms with Gasteiger partial charge in [-0.05, 0) is 36.6 Å². The molecule has 0 saturated carbocycles. The van der Waals surface area contributed by atoms with Crippen LogP contribution in [0, 0.1) is 11.6 Å². The van der Waals surface area contributed by atoms with Crippen molar-refractivity contribution in [3.05, 3.63) is 68.7 Å². The van der Waals surface area contributed by atoms with E-state index in [1.54, 1.807) is 6.07 Å². The zero-order chi connectivity index (χ0) is 14.7. The fraction of sp³-hybridized carbons (Fsp3) is 0.250. The van der Waals surface area contributed by atoms with Crippen LogP contribution in [0.2, 0.25) is 15.1 Å². The van der Waals surface area contributed by atoms with Gasteiger partial charge in [-0.2, -0.15) is 0 Å². The summed E-state index contributed by atoms with van der Waals surface area (Å²) < 4.78 is 0. The highest BCUT2D eigenvalue weighted by molar-refractivity contribution is 6.35. The third-order valence-corrected chi connectivity index (χ3v) is 4.26. The van der Waals surface area contributed by atoms with Crippen molar-refractivity contribution in [2.24, 2.45) is 5.73 Å². The van der Waals surface area contributed by atoms with Gasteiger partial charge in [0.05, 0.1) is 0 Å². The van der Waals surface area contributed by atoms with E-state index in [2.05, 4.69) is 0 Å². The Morgan fingerprint density at radius 3 is 2.30 bits per heavy atom. The molecule has 2 unspecified atom stereocenters. The molecule has 0 aliphatic rings. The van der Waals surface area contributed by atoms with Crippen molar-refractivity contribution < 1.29 is 11.6 Å². The van der Waals surface area contributed by atoms with Crippen LogP contribution in [0.15, 0.2) is 42.5 Å². The zero-order valence-corrected chi connectivity index (χ0v) is 13.5. The maximum atomic E-state index is 6.25. The van der Waals surface area contributed by atoms with Crippen molar-refractivity contribution in [3.63, 3.8) is 0 Å². The number of rotatable bonds is 4. The lowest BCUT2D eigenvalue weighted by Crippen LogP contribution is -2.26. The van der Waals surface area contributed by atoms with E-state index in [1.807, 2.05) is 43.3 Å². The van der Waals surface area contributed by atoms with Gasteiger partial charge in [-0.3, -0.25) is 0 Å². The Bertz CT molecular complexity index is 579. The second-order valence-electron chi connectivity index (χ2n) is 4.97. The van der Waals surface area contributed by atoms with Gasteiger partial charge >= 0.3 is 0 Å². The molecule has 20 heavy (non-hydrogen) atoms. The average Bonchev–Trinajstić information content (AvgIpc) is 2.39. The molecule has 2 N–H and O–H groups in total. The molecule has 2 rings (SSSR count). The van der Waals surface area contributed by atoms with Crippen molar-refractivity contribution in [2.75, 3.05) is 0 Å². The minimum absolute atomic E-state index is 0.0257. The van der Waals surface area contributed by atoms with Crippen molar-refractivity contribution >= 4 is 23.2 Å². The molecule has 0 bridgehead atoms. The van der Waals surface area contributed by atoms with Gasteiger partial charge in [0, 0.05) is 34.1 Å². The molecular weight excluding hydrogens is 313 g/mol. The number of nitrogens with two attached hydrogens (primary N) is 1. The normalized spacial score (nSPS) is 14.1. The summed E-state index contributed by atoms with van der Waals surface area (Å²) in [5.41, 5.74) is 8.38. The molecule has 0 aromatic heterocycles. The van der Waals surface area contributed by atoms with Gasteiger partial charge in [0.2, 0.25) is 5.02 Å². The summed E-state index contributed by atoms with van der Waals surface area (Å²) in [6, 6.07) is 13.6. The van der Waals surface area contributed by atoms with Crippen LogP contribution in [0.3, 0.4) is 0 Å². The Morgan fingerprint density at radius 1 is 1.10 bits per heavy atom. The van der Waals surface area contributed by atoms with Crippen LogP contribution in [0.1, 0.15) is 24.0 Å².